The molecule has 3 rings (SSSR count). The van der Waals surface area contributed by atoms with Crippen LogP contribution in [0.1, 0.15) is 49.5 Å². The van der Waals surface area contributed by atoms with Crippen molar-refractivity contribution in [2.45, 2.75) is 51.8 Å². The second-order valence-corrected chi connectivity index (χ2v) is 7.28. The summed E-state index contributed by atoms with van der Waals surface area (Å²) in [6.45, 7) is 8.40. The zero-order valence-electron chi connectivity index (χ0n) is 15.3. The molecule has 25 heavy (non-hydrogen) atoms. The predicted octanol–water partition coefficient (Wildman–Crippen LogP) is 3.35. The highest BCUT2D eigenvalue weighted by Crippen LogP contribution is 2.28. The average Bonchev–Trinajstić information content (AvgIpc) is 3.08. The number of carbonyl (C=O) groups excluding carboxylic acids is 1. The first kappa shape index (κ1) is 17.7. The number of carbonyl (C=O) groups is 1. The van der Waals surface area contributed by atoms with Crippen LogP contribution in [0.4, 0.5) is 0 Å². The zero-order chi connectivity index (χ0) is 17.9. The van der Waals surface area contributed by atoms with Crippen LogP contribution in [0.25, 0.3) is 0 Å². The molecule has 1 atom stereocenters. The fraction of sp³-hybridized carbons (Fsp3) is 0.500. The Kier molecular flexibility index (Phi) is 5.23. The highest BCUT2D eigenvalue weighted by atomic mass is 16.5. The minimum Gasteiger partial charge on any atom is -0.375 e. The summed E-state index contributed by atoms with van der Waals surface area (Å²) >= 11 is 0. The first-order valence-electron chi connectivity index (χ1n) is 8.98. The van der Waals surface area contributed by atoms with E-state index in [1.54, 1.807) is 12.5 Å². The van der Waals surface area contributed by atoms with Crippen molar-refractivity contribution >= 4 is 5.91 Å². The predicted molar refractivity (Wildman–Crippen MR) is 97.5 cm³/mol. The van der Waals surface area contributed by atoms with Crippen LogP contribution in [0.3, 0.4) is 0 Å². The van der Waals surface area contributed by atoms with Gasteiger partial charge in [0.25, 0.3) is 5.91 Å². The second kappa shape index (κ2) is 7.40. The number of nitrogens with zero attached hydrogens (tertiary/aromatic N) is 3. The van der Waals surface area contributed by atoms with Crippen molar-refractivity contribution in [2.24, 2.45) is 0 Å². The molecule has 1 aliphatic heterocycles. The summed E-state index contributed by atoms with van der Waals surface area (Å²) in [5, 5.41) is 0. The van der Waals surface area contributed by atoms with Crippen molar-refractivity contribution in [2.75, 3.05) is 13.2 Å². The molecule has 1 amide bonds. The van der Waals surface area contributed by atoms with Crippen LogP contribution >= 0.6 is 0 Å². The maximum atomic E-state index is 13.1. The molecule has 0 bridgehead atoms. The molecule has 1 unspecified atom stereocenters. The van der Waals surface area contributed by atoms with E-state index in [0.717, 1.165) is 30.5 Å². The molecule has 1 fully saturated rings. The Balaban J connectivity index is 1.76. The Hall–Kier alpha value is -2.14. The maximum absolute atomic E-state index is 13.1. The van der Waals surface area contributed by atoms with E-state index in [9.17, 15) is 4.79 Å². The molecular formula is C20H27N3O2. The van der Waals surface area contributed by atoms with Gasteiger partial charge >= 0.3 is 0 Å². The Bertz CT molecular complexity index is 709. The van der Waals surface area contributed by atoms with E-state index >= 15 is 0 Å². The lowest BCUT2D eigenvalue weighted by Gasteiger charge is -2.41. The largest absolute Gasteiger partial charge is 0.375 e. The van der Waals surface area contributed by atoms with Gasteiger partial charge < -0.3 is 14.2 Å². The van der Waals surface area contributed by atoms with Crippen molar-refractivity contribution in [3.8, 4) is 0 Å². The van der Waals surface area contributed by atoms with Crippen LogP contribution in [0.15, 0.2) is 43.0 Å². The number of rotatable bonds is 5. The third-order valence-electron chi connectivity index (χ3n) is 4.81. The van der Waals surface area contributed by atoms with Crippen molar-refractivity contribution < 1.29 is 9.53 Å². The highest BCUT2D eigenvalue weighted by Gasteiger charge is 2.34. The fourth-order valence-corrected chi connectivity index (χ4v) is 3.59. The zero-order valence-corrected chi connectivity index (χ0v) is 15.3. The van der Waals surface area contributed by atoms with Crippen LogP contribution in [-0.2, 0) is 11.3 Å². The molecule has 2 aromatic rings. The van der Waals surface area contributed by atoms with E-state index < -0.39 is 0 Å². The molecule has 0 N–H and O–H groups in total. The average molecular weight is 341 g/mol. The van der Waals surface area contributed by atoms with E-state index in [2.05, 4.69) is 25.8 Å². The van der Waals surface area contributed by atoms with Gasteiger partial charge in [-0.2, -0.15) is 0 Å². The van der Waals surface area contributed by atoms with Gasteiger partial charge in [0, 0.05) is 43.7 Å². The van der Waals surface area contributed by atoms with Gasteiger partial charge in [0.2, 0.25) is 0 Å². The molecule has 5 nitrogen and oxygen atoms in total. The smallest absolute Gasteiger partial charge is 0.254 e. The molecular weight excluding hydrogens is 314 g/mol. The fourth-order valence-electron chi connectivity index (χ4n) is 3.59. The van der Waals surface area contributed by atoms with Gasteiger partial charge in [-0.05, 0) is 51.3 Å². The maximum Gasteiger partial charge on any atom is 0.254 e. The van der Waals surface area contributed by atoms with Crippen LogP contribution in [0, 0.1) is 0 Å². The summed E-state index contributed by atoms with van der Waals surface area (Å²) in [5.74, 6) is 0.109. The quantitative estimate of drug-likeness (QED) is 0.838. The molecule has 0 spiro atoms. The van der Waals surface area contributed by atoms with Crippen LogP contribution in [-0.4, -0.2) is 45.2 Å². The lowest BCUT2D eigenvalue weighted by Crippen LogP contribution is -2.48. The number of imidazole rings is 1. The highest BCUT2D eigenvalue weighted by molar-refractivity contribution is 5.94. The standard InChI is InChI=1S/C20H27N3O2/c1-4-23(18-8-11-25-20(2,3)13-18)19(24)17-7-5-6-16(12-17)14-22-10-9-21-15-22/h5-7,9-10,12,15,18H,4,8,11,13-14H2,1-3H3. The Labute approximate surface area is 149 Å². The minimum atomic E-state index is -0.167. The molecule has 0 aliphatic carbocycles. The molecule has 1 saturated heterocycles. The van der Waals surface area contributed by atoms with E-state index in [1.165, 1.54) is 0 Å². The molecule has 1 aromatic carbocycles. The van der Waals surface area contributed by atoms with Gasteiger partial charge in [-0.3, -0.25) is 4.79 Å². The number of benzene rings is 1. The third-order valence-corrected chi connectivity index (χ3v) is 4.81. The number of hydrogen-bond acceptors (Lipinski definition) is 3. The van der Waals surface area contributed by atoms with Crippen molar-refractivity contribution in [1.82, 2.24) is 14.5 Å². The van der Waals surface area contributed by atoms with Gasteiger partial charge in [-0.25, -0.2) is 4.98 Å². The lowest BCUT2D eigenvalue weighted by atomic mass is 9.92. The summed E-state index contributed by atoms with van der Waals surface area (Å²) in [5.41, 5.74) is 1.69. The second-order valence-electron chi connectivity index (χ2n) is 7.28. The van der Waals surface area contributed by atoms with Crippen molar-refractivity contribution in [1.29, 1.82) is 0 Å². The van der Waals surface area contributed by atoms with E-state index in [1.807, 2.05) is 39.9 Å². The third kappa shape index (κ3) is 4.28. The van der Waals surface area contributed by atoms with Gasteiger partial charge in [0.05, 0.1) is 11.9 Å². The number of ether oxygens (including phenoxy) is 1. The van der Waals surface area contributed by atoms with E-state index in [0.29, 0.717) is 13.2 Å². The first-order chi connectivity index (χ1) is 12.0. The van der Waals surface area contributed by atoms with Crippen molar-refractivity contribution in [3.63, 3.8) is 0 Å². The summed E-state index contributed by atoms with van der Waals surface area (Å²) in [6, 6.07) is 8.15. The van der Waals surface area contributed by atoms with Crippen LogP contribution < -0.4 is 0 Å². The summed E-state index contributed by atoms with van der Waals surface area (Å²) in [6.07, 6.45) is 7.26. The normalized spacial score (nSPS) is 19.6. The van der Waals surface area contributed by atoms with Gasteiger partial charge in [-0.1, -0.05) is 12.1 Å². The lowest BCUT2D eigenvalue weighted by molar-refractivity contribution is -0.0777. The van der Waals surface area contributed by atoms with Gasteiger partial charge in [0.15, 0.2) is 0 Å². The SMILES string of the molecule is CCN(C(=O)c1cccc(Cn2ccnc2)c1)C1CCOC(C)(C)C1. The Morgan fingerprint density at radius 3 is 2.96 bits per heavy atom. The molecule has 1 aliphatic rings. The van der Waals surface area contributed by atoms with Crippen LogP contribution in [0.5, 0.6) is 0 Å². The summed E-state index contributed by atoms with van der Waals surface area (Å²) < 4.78 is 7.81. The molecule has 1 aromatic heterocycles. The van der Waals surface area contributed by atoms with E-state index in [4.69, 9.17) is 4.74 Å². The first-order valence-corrected chi connectivity index (χ1v) is 8.98. The topological polar surface area (TPSA) is 47.4 Å². The minimum absolute atomic E-state index is 0.109. The van der Waals surface area contributed by atoms with E-state index in [-0.39, 0.29) is 17.6 Å². The van der Waals surface area contributed by atoms with Gasteiger partial charge in [0.1, 0.15) is 0 Å². The molecule has 2 heterocycles. The number of aromatic nitrogens is 2. The molecule has 5 heteroatoms. The van der Waals surface area contributed by atoms with Crippen molar-refractivity contribution in [3.05, 3.63) is 54.1 Å². The Morgan fingerprint density at radius 2 is 2.28 bits per heavy atom. The number of hydrogen-bond donors (Lipinski definition) is 0. The Morgan fingerprint density at radius 1 is 1.44 bits per heavy atom. The van der Waals surface area contributed by atoms with Gasteiger partial charge in [-0.15, -0.1) is 0 Å². The summed E-state index contributed by atoms with van der Waals surface area (Å²) in [7, 11) is 0. The molecule has 0 saturated carbocycles. The van der Waals surface area contributed by atoms with Crippen LogP contribution in [0.2, 0.25) is 0 Å². The monoisotopic (exact) mass is 341 g/mol. The number of amides is 1. The molecule has 134 valence electrons. The molecule has 0 radical (unpaired) electrons. The summed E-state index contributed by atoms with van der Waals surface area (Å²) in [4.78, 5) is 19.2.